The lowest BCUT2D eigenvalue weighted by atomic mass is 10.0. The van der Waals surface area contributed by atoms with Crippen LogP contribution in [0.5, 0.6) is 0 Å². The van der Waals surface area contributed by atoms with Crippen LogP contribution in [-0.2, 0) is 14.2 Å². The Kier molecular flexibility index (Phi) is 3.46. The maximum atomic E-state index is 5.34. The van der Waals surface area contributed by atoms with E-state index in [2.05, 4.69) is 5.32 Å². The van der Waals surface area contributed by atoms with Crippen molar-refractivity contribution in [2.24, 2.45) is 0 Å². The van der Waals surface area contributed by atoms with Crippen LogP contribution >= 0.6 is 0 Å². The van der Waals surface area contributed by atoms with Gasteiger partial charge in [-0.15, -0.1) is 0 Å². The van der Waals surface area contributed by atoms with Crippen molar-refractivity contribution in [3.05, 3.63) is 0 Å². The second-order valence-corrected chi connectivity index (χ2v) is 2.90. The summed E-state index contributed by atoms with van der Waals surface area (Å²) in [7, 11) is 4.98. The lowest BCUT2D eigenvalue weighted by Gasteiger charge is -2.40. The number of piperidine rings is 1. The molecule has 1 saturated heterocycles. The van der Waals surface area contributed by atoms with Gasteiger partial charge in [-0.1, -0.05) is 0 Å². The van der Waals surface area contributed by atoms with Gasteiger partial charge in [0.15, 0.2) is 5.79 Å². The fourth-order valence-corrected chi connectivity index (χ4v) is 1.63. The summed E-state index contributed by atoms with van der Waals surface area (Å²) in [6.07, 6.45) is 0.791. The number of hydrogen-bond donors (Lipinski definition) is 1. The van der Waals surface area contributed by atoms with Crippen molar-refractivity contribution in [3.8, 4) is 0 Å². The predicted octanol–water partition coefficient (Wildman–Crippen LogP) is -0.0162. The van der Waals surface area contributed by atoms with E-state index in [-0.39, 0.29) is 6.10 Å². The van der Waals surface area contributed by atoms with E-state index >= 15 is 0 Å². The number of hydrogen-bond acceptors (Lipinski definition) is 4. The molecule has 0 aliphatic carbocycles. The number of rotatable bonds is 3. The highest BCUT2D eigenvalue weighted by atomic mass is 16.7. The molecule has 0 saturated carbocycles. The highest BCUT2D eigenvalue weighted by Crippen LogP contribution is 2.25. The van der Waals surface area contributed by atoms with Crippen molar-refractivity contribution in [2.75, 3.05) is 34.4 Å². The SMILES string of the molecule is COC1CNCCC1(OC)OC. The molecule has 0 bridgehead atoms. The Morgan fingerprint density at radius 2 is 1.92 bits per heavy atom. The molecule has 0 aromatic heterocycles. The van der Waals surface area contributed by atoms with E-state index < -0.39 is 5.79 Å². The number of nitrogens with one attached hydrogen (secondary N) is 1. The second kappa shape index (κ2) is 4.18. The maximum Gasteiger partial charge on any atom is 0.196 e. The molecule has 1 aliphatic heterocycles. The Hall–Kier alpha value is -0.160. The van der Waals surface area contributed by atoms with Gasteiger partial charge < -0.3 is 19.5 Å². The van der Waals surface area contributed by atoms with Crippen LogP contribution in [0.4, 0.5) is 0 Å². The van der Waals surface area contributed by atoms with Crippen molar-refractivity contribution in [3.63, 3.8) is 0 Å². The van der Waals surface area contributed by atoms with Crippen LogP contribution in [-0.4, -0.2) is 46.3 Å². The predicted molar refractivity (Wildman–Crippen MR) is 45.0 cm³/mol. The fraction of sp³-hybridized carbons (Fsp3) is 1.00. The first-order chi connectivity index (χ1) is 5.79. The first-order valence-corrected chi connectivity index (χ1v) is 4.13. The zero-order valence-corrected chi connectivity index (χ0v) is 7.92. The van der Waals surface area contributed by atoms with E-state index in [1.807, 2.05) is 0 Å². The Morgan fingerprint density at radius 3 is 2.33 bits per heavy atom. The summed E-state index contributed by atoms with van der Waals surface area (Å²) in [6, 6.07) is 0. The van der Waals surface area contributed by atoms with Crippen LogP contribution in [0.1, 0.15) is 6.42 Å². The van der Waals surface area contributed by atoms with E-state index in [1.165, 1.54) is 0 Å². The third-order valence-corrected chi connectivity index (χ3v) is 2.45. The minimum atomic E-state index is -0.556. The molecule has 4 nitrogen and oxygen atoms in total. The first-order valence-electron chi connectivity index (χ1n) is 4.13. The van der Waals surface area contributed by atoms with Gasteiger partial charge in [-0.05, 0) is 0 Å². The average Bonchev–Trinajstić information content (AvgIpc) is 2.17. The summed E-state index contributed by atoms with van der Waals surface area (Å²) >= 11 is 0. The highest BCUT2D eigenvalue weighted by Gasteiger charge is 2.41. The summed E-state index contributed by atoms with van der Waals surface area (Å²) in [5.74, 6) is -0.556. The van der Waals surface area contributed by atoms with E-state index in [1.54, 1.807) is 21.3 Å². The summed E-state index contributed by atoms with van der Waals surface area (Å²) in [5, 5.41) is 3.22. The lowest BCUT2D eigenvalue weighted by molar-refractivity contribution is -0.273. The summed E-state index contributed by atoms with van der Waals surface area (Å²) < 4.78 is 16.0. The second-order valence-electron chi connectivity index (χ2n) is 2.90. The van der Waals surface area contributed by atoms with Crippen LogP contribution in [0.3, 0.4) is 0 Å². The van der Waals surface area contributed by atoms with E-state index in [4.69, 9.17) is 14.2 Å². The molecule has 1 N–H and O–H groups in total. The van der Waals surface area contributed by atoms with Gasteiger partial charge in [-0.2, -0.15) is 0 Å². The molecule has 0 aromatic rings. The van der Waals surface area contributed by atoms with Crippen LogP contribution in [0, 0.1) is 0 Å². The zero-order valence-electron chi connectivity index (χ0n) is 7.92. The number of methoxy groups -OCH3 is 3. The molecule has 12 heavy (non-hydrogen) atoms. The molecule has 1 heterocycles. The molecule has 0 amide bonds. The van der Waals surface area contributed by atoms with E-state index in [9.17, 15) is 0 Å². The topological polar surface area (TPSA) is 39.7 Å². The van der Waals surface area contributed by atoms with Crippen LogP contribution < -0.4 is 5.32 Å². The number of ether oxygens (including phenoxy) is 3. The molecule has 1 fully saturated rings. The van der Waals surface area contributed by atoms with Gasteiger partial charge in [-0.25, -0.2) is 0 Å². The molecule has 0 aromatic carbocycles. The largest absolute Gasteiger partial charge is 0.375 e. The molecule has 1 atom stereocenters. The minimum Gasteiger partial charge on any atom is -0.375 e. The third kappa shape index (κ3) is 1.61. The van der Waals surface area contributed by atoms with Crippen LogP contribution in [0.2, 0.25) is 0 Å². The lowest BCUT2D eigenvalue weighted by Crippen LogP contribution is -2.57. The third-order valence-electron chi connectivity index (χ3n) is 2.45. The monoisotopic (exact) mass is 175 g/mol. The Balaban J connectivity index is 2.66. The van der Waals surface area contributed by atoms with Gasteiger partial charge in [0.1, 0.15) is 6.10 Å². The summed E-state index contributed by atoms with van der Waals surface area (Å²) in [6.45, 7) is 1.68. The van der Waals surface area contributed by atoms with E-state index in [0.717, 1.165) is 19.5 Å². The molecule has 1 aliphatic rings. The molecule has 1 rings (SSSR count). The van der Waals surface area contributed by atoms with Gasteiger partial charge in [0.25, 0.3) is 0 Å². The van der Waals surface area contributed by atoms with Gasteiger partial charge >= 0.3 is 0 Å². The molecule has 4 heteroatoms. The van der Waals surface area contributed by atoms with Crippen molar-refractivity contribution in [1.82, 2.24) is 5.32 Å². The molecule has 0 radical (unpaired) electrons. The van der Waals surface area contributed by atoms with Gasteiger partial charge in [-0.3, -0.25) is 0 Å². The Labute approximate surface area is 73.2 Å². The van der Waals surface area contributed by atoms with Gasteiger partial charge in [0, 0.05) is 40.8 Å². The zero-order chi connectivity index (χ0) is 9.03. The van der Waals surface area contributed by atoms with Crippen LogP contribution in [0.25, 0.3) is 0 Å². The Bertz CT molecular complexity index is 136. The molecule has 1 unspecified atom stereocenters. The molecular weight excluding hydrogens is 158 g/mol. The molecule has 72 valence electrons. The smallest absolute Gasteiger partial charge is 0.196 e. The quantitative estimate of drug-likeness (QED) is 0.612. The molecule has 0 spiro atoms. The summed E-state index contributed by atoms with van der Waals surface area (Å²) in [5.41, 5.74) is 0. The minimum absolute atomic E-state index is 0.0266. The fourth-order valence-electron chi connectivity index (χ4n) is 1.63. The van der Waals surface area contributed by atoms with Crippen molar-refractivity contribution in [2.45, 2.75) is 18.3 Å². The molecular formula is C8H17NO3. The standard InChI is InChI=1S/C8H17NO3/c1-10-7-6-9-5-4-8(7,11-2)12-3/h7,9H,4-6H2,1-3H3. The highest BCUT2D eigenvalue weighted by molar-refractivity contribution is 4.87. The summed E-state index contributed by atoms with van der Waals surface area (Å²) in [4.78, 5) is 0. The van der Waals surface area contributed by atoms with Crippen molar-refractivity contribution in [1.29, 1.82) is 0 Å². The maximum absolute atomic E-state index is 5.34. The van der Waals surface area contributed by atoms with Gasteiger partial charge in [0.2, 0.25) is 0 Å². The Morgan fingerprint density at radius 1 is 1.25 bits per heavy atom. The van der Waals surface area contributed by atoms with E-state index in [0.29, 0.717) is 0 Å². The van der Waals surface area contributed by atoms with Crippen LogP contribution in [0.15, 0.2) is 0 Å². The van der Waals surface area contributed by atoms with Gasteiger partial charge in [0.05, 0.1) is 0 Å². The normalized spacial score (nSPS) is 28.8. The van der Waals surface area contributed by atoms with Crippen molar-refractivity contribution >= 4 is 0 Å². The van der Waals surface area contributed by atoms with Crippen molar-refractivity contribution < 1.29 is 14.2 Å². The first kappa shape index (κ1) is 9.92. The average molecular weight is 175 g/mol.